The number of anilines is 1. The third kappa shape index (κ3) is 5.17. The van der Waals surface area contributed by atoms with Crippen LogP contribution in [0.15, 0.2) is 23.1 Å². The number of sulfone groups is 1. The molecule has 0 atom stereocenters. The lowest BCUT2D eigenvalue weighted by molar-refractivity contribution is -0.113. The number of aryl methyl sites for hydroxylation is 1. The molecule has 1 N–H and O–H groups in total. The molecule has 0 saturated carbocycles. The van der Waals surface area contributed by atoms with E-state index in [1.54, 1.807) is 6.92 Å². The molecule has 1 amide bonds. The maximum absolute atomic E-state index is 11.4. The van der Waals surface area contributed by atoms with Crippen molar-refractivity contribution >= 4 is 41.2 Å². The second kappa shape index (κ2) is 5.48. The number of benzene rings is 1. The van der Waals surface area contributed by atoms with Gasteiger partial charge in [-0.3, -0.25) is 4.79 Å². The van der Waals surface area contributed by atoms with Gasteiger partial charge in [0.05, 0.1) is 4.90 Å². The number of rotatable bonds is 4. The van der Waals surface area contributed by atoms with Crippen LogP contribution in [0.25, 0.3) is 0 Å². The largest absolute Gasteiger partial charge is 0.325 e. The van der Waals surface area contributed by atoms with Crippen molar-refractivity contribution in [3.8, 4) is 0 Å². The van der Waals surface area contributed by atoms with E-state index >= 15 is 0 Å². The molecule has 0 aromatic heterocycles. The van der Waals surface area contributed by atoms with Gasteiger partial charge in [0.15, 0.2) is 9.84 Å². The molecule has 0 radical (unpaired) electrons. The van der Waals surface area contributed by atoms with E-state index in [1.807, 2.05) is 0 Å². The van der Waals surface area contributed by atoms with Crippen LogP contribution in [0.5, 0.6) is 0 Å². The SMILES string of the molecule is Cc1cc(S(=O)(=O)Cl)ccc1NC(=O)CS(C)(=O)=O. The Balaban J connectivity index is 2.96. The van der Waals surface area contributed by atoms with Gasteiger partial charge in [-0.05, 0) is 30.7 Å². The maximum Gasteiger partial charge on any atom is 0.261 e. The molecule has 0 aliphatic carbocycles. The zero-order valence-corrected chi connectivity index (χ0v) is 12.6. The Morgan fingerprint density at radius 2 is 1.84 bits per heavy atom. The molecule has 1 aromatic carbocycles. The lowest BCUT2D eigenvalue weighted by atomic mass is 10.2. The van der Waals surface area contributed by atoms with Crippen molar-refractivity contribution in [3.63, 3.8) is 0 Å². The summed E-state index contributed by atoms with van der Waals surface area (Å²) in [5.41, 5.74) is 0.793. The highest BCUT2D eigenvalue weighted by Crippen LogP contribution is 2.22. The highest BCUT2D eigenvalue weighted by molar-refractivity contribution is 8.13. The number of hydrogen-bond acceptors (Lipinski definition) is 5. The third-order valence-electron chi connectivity index (χ3n) is 2.15. The van der Waals surface area contributed by atoms with E-state index in [-0.39, 0.29) is 4.90 Å². The van der Waals surface area contributed by atoms with Gasteiger partial charge in [-0.2, -0.15) is 0 Å². The Morgan fingerprint density at radius 3 is 2.26 bits per heavy atom. The molecule has 0 fully saturated rings. The summed E-state index contributed by atoms with van der Waals surface area (Å²) in [6, 6.07) is 3.87. The molecular formula is C10H12ClNO5S2. The van der Waals surface area contributed by atoms with Crippen LogP contribution in [0.3, 0.4) is 0 Å². The first-order chi connectivity index (χ1) is 8.49. The van der Waals surface area contributed by atoms with Crippen molar-refractivity contribution in [2.24, 2.45) is 0 Å². The fourth-order valence-electron chi connectivity index (χ4n) is 1.35. The van der Waals surface area contributed by atoms with Crippen LogP contribution in [-0.2, 0) is 23.7 Å². The molecule has 0 unspecified atom stereocenters. The van der Waals surface area contributed by atoms with Crippen molar-refractivity contribution in [3.05, 3.63) is 23.8 Å². The molecule has 6 nitrogen and oxygen atoms in total. The van der Waals surface area contributed by atoms with E-state index in [1.165, 1.54) is 18.2 Å². The minimum atomic E-state index is -3.84. The van der Waals surface area contributed by atoms with Gasteiger partial charge < -0.3 is 5.32 Å². The Kier molecular flexibility index (Phi) is 4.59. The van der Waals surface area contributed by atoms with E-state index in [9.17, 15) is 21.6 Å². The number of carbonyl (C=O) groups excluding carboxylic acids is 1. The average molecular weight is 326 g/mol. The van der Waals surface area contributed by atoms with Crippen molar-refractivity contribution in [2.45, 2.75) is 11.8 Å². The van der Waals surface area contributed by atoms with E-state index < -0.39 is 30.5 Å². The monoisotopic (exact) mass is 325 g/mol. The molecule has 0 saturated heterocycles. The molecular weight excluding hydrogens is 314 g/mol. The standard InChI is InChI=1S/C10H12ClNO5S2/c1-7-5-8(19(11,16)17)3-4-9(7)12-10(13)6-18(2,14)15/h3-5H,6H2,1-2H3,(H,12,13). The highest BCUT2D eigenvalue weighted by atomic mass is 35.7. The summed E-state index contributed by atoms with van der Waals surface area (Å²) >= 11 is 0. The van der Waals surface area contributed by atoms with E-state index in [4.69, 9.17) is 10.7 Å². The average Bonchev–Trinajstić information content (AvgIpc) is 2.16. The van der Waals surface area contributed by atoms with Gasteiger partial charge in [0.2, 0.25) is 5.91 Å². The van der Waals surface area contributed by atoms with E-state index in [0.717, 1.165) is 6.26 Å². The van der Waals surface area contributed by atoms with Crippen molar-refractivity contribution < 1.29 is 21.6 Å². The molecule has 1 rings (SSSR count). The van der Waals surface area contributed by atoms with Crippen LogP contribution < -0.4 is 5.32 Å². The van der Waals surface area contributed by atoms with Crippen molar-refractivity contribution in [1.29, 1.82) is 0 Å². The summed E-state index contributed by atoms with van der Waals surface area (Å²) in [5, 5.41) is 2.39. The Bertz CT molecular complexity index is 709. The summed E-state index contributed by atoms with van der Waals surface area (Å²) in [6.45, 7) is 1.57. The van der Waals surface area contributed by atoms with Gasteiger partial charge in [0, 0.05) is 22.6 Å². The second-order valence-electron chi connectivity index (χ2n) is 4.03. The zero-order valence-electron chi connectivity index (χ0n) is 10.2. The summed E-state index contributed by atoms with van der Waals surface area (Å²) in [6.07, 6.45) is 0.947. The fraction of sp³-hybridized carbons (Fsp3) is 0.300. The lowest BCUT2D eigenvalue weighted by Gasteiger charge is -2.08. The zero-order chi connectivity index (χ0) is 14.8. The summed E-state index contributed by atoms with van der Waals surface area (Å²) in [5.74, 6) is -1.32. The second-order valence-corrected chi connectivity index (χ2v) is 8.74. The molecule has 106 valence electrons. The number of nitrogens with one attached hydrogen (secondary N) is 1. The number of carbonyl (C=O) groups is 1. The van der Waals surface area contributed by atoms with Crippen LogP contribution >= 0.6 is 10.7 Å². The lowest BCUT2D eigenvalue weighted by Crippen LogP contribution is -2.22. The molecule has 0 aliphatic heterocycles. The maximum atomic E-state index is 11.4. The minimum absolute atomic E-state index is 0.0900. The Morgan fingerprint density at radius 1 is 1.26 bits per heavy atom. The first kappa shape index (κ1) is 15.9. The first-order valence-corrected chi connectivity index (χ1v) is 9.39. The molecule has 0 spiro atoms. The van der Waals surface area contributed by atoms with Crippen LogP contribution in [-0.4, -0.2) is 34.8 Å². The topological polar surface area (TPSA) is 97.4 Å². The van der Waals surface area contributed by atoms with Crippen LogP contribution in [0.2, 0.25) is 0 Å². The number of amides is 1. The van der Waals surface area contributed by atoms with Crippen LogP contribution in [0.1, 0.15) is 5.56 Å². The highest BCUT2D eigenvalue weighted by Gasteiger charge is 2.14. The molecule has 9 heteroatoms. The Labute approximate surface area is 116 Å². The van der Waals surface area contributed by atoms with Gasteiger partial charge in [-0.1, -0.05) is 0 Å². The Hall–Kier alpha value is -1.12. The van der Waals surface area contributed by atoms with Crippen molar-refractivity contribution in [2.75, 3.05) is 17.3 Å². The van der Waals surface area contributed by atoms with Crippen LogP contribution in [0, 0.1) is 6.92 Å². The van der Waals surface area contributed by atoms with Gasteiger partial charge in [-0.25, -0.2) is 16.8 Å². The van der Waals surface area contributed by atoms with Gasteiger partial charge in [-0.15, -0.1) is 0 Å². The van der Waals surface area contributed by atoms with E-state index in [0.29, 0.717) is 11.3 Å². The van der Waals surface area contributed by atoms with Gasteiger partial charge in [0.1, 0.15) is 5.75 Å². The summed E-state index contributed by atoms with van der Waals surface area (Å²) in [7, 11) is -2.07. The number of halogens is 1. The molecule has 0 heterocycles. The van der Waals surface area contributed by atoms with Gasteiger partial charge in [0.25, 0.3) is 9.05 Å². The fourth-order valence-corrected chi connectivity index (χ4v) is 2.74. The molecule has 0 bridgehead atoms. The quantitative estimate of drug-likeness (QED) is 0.830. The van der Waals surface area contributed by atoms with Gasteiger partial charge >= 0.3 is 0 Å². The third-order valence-corrected chi connectivity index (χ3v) is 4.28. The predicted octanol–water partition coefficient (Wildman–Crippen LogP) is 0.906. The molecule has 19 heavy (non-hydrogen) atoms. The van der Waals surface area contributed by atoms with E-state index in [2.05, 4.69) is 5.32 Å². The smallest absolute Gasteiger partial charge is 0.261 e. The minimum Gasteiger partial charge on any atom is -0.325 e. The molecule has 1 aromatic rings. The van der Waals surface area contributed by atoms with Crippen LogP contribution in [0.4, 0.5) is 5.69 Å². The summed E-state index contributed by atoms with van der Waals surface area (Å²) < 4.78 is 44.1. The molecule has 0 aliphatic rings. The van der Waals surface area contributed by atoms with Crippen molar-refractivity contribution in [1.82, 2.24) is 0 Å². The first-order valence-electron chi connectivity index (χ1n) is 5.02. The summed E-state index contributed by atoms with van der Waals surface area (Å²) in [4.78, 5) is 11.3. The number of hydrogen-bond donors (Lipinski definition) is 1. The normalized spacial score (nSPS) is 12.2. The predicted molar refractivity (Wildman–Crippen MR) is 72.6 cm³/mol.